The summed E-state index contributed by atoms with van der Waals surface area (Å²) in [5.74, 6) is -9.45. The highest BCUT2D eigenvalue weighted by Gasteiger charge is 2.74. The van der Waals surface area contributed by atoms with E-state index in [1.54, 1.807) is 6.92 Å². The highest BCUT2D eigenvalue weighted by molar-refractivity contribution is 5.73. The third kappa shape index (κ3) is 11.1. The Balaban J connectivity index is 2.14. The van der Waals surface area contributed by atoms with Crippen molar-refractivity contribution in [2.45, 2.75) is 44.0 Å². The molecule has 2 aromatic carbocycles. The van der Waals surface area contributed by atoms with Gasteiger partial charge in [0.05, 0.1) is 13.2 Å². The van der Waals surface area contributed by atoms with Gasteiger partial charge in [-0.1, -0.05) is 24.3 Å². The molecule has 1 amide bonds. The number of halogens is 10. The maximum atomic E-state index is 13.6. The van der Waals surface area contributed by atoms with E-state index in [9.17, 15) is 58.6 Å². The first-order valence-electron chi connectivity index (χ1n) is 12.6. The molecule has 0 fully saturated rings. The quantitative estimate of drug-likeness (QED) is 0.208. The van der Waals surface area contributed by atoms with Gasteiger partial charge in [-0.2, -0.15) is 30.7 Å². The van der Waals surface area contributed by atoms with Gasteiger partial charge in [-0.15, -0.1) is 13.2 Å². The van der Waals surface area contributed by atoms with Crippen molar-refractivity contribution in [3.05, 3.63) is 54.1 Å². The predicted octanol–water partition coefficient (Wildman–Crippen LogP) is 6.30. The maximum Gasteiger partial charge on any atom is 0.573 e. The topological polar surface area (TPSA) is 104 Å². The molecule has 0 aliphatic carbocycles. The molecule has 2 rings (SSSR count). The summed E-state index contributed by atoms with van der Waals surface area (Å²) in [6, 6.07) is 9.58. The minimum atomic E-state index is -6.68. The van der Waals surface area contributed by atoms with Crippen LogP contribution in [-0.2, 0) is 20.7 Å². The molecule has 1 N–H and O–H groups in total. The van der Waals surface area contributed by atoms with E-state index in [-0.39, 0.29) is 18.8 Å². The van der Waals surface area contributed by atoms with Crippen LogP contribution < -0.4 is 14.2 Å². The number of ether oxygens (including phenoxy) is 5. The van der Waals surface area contributed by atoms with Crippen molar-refractivity contribution in [3.8, 4) is 17.2 Å². The van der Waals surface area contributed by atoms with E-state index < -0.39 is 80.5 Å². The standard InChI is InChI=1S/C26H25F10NO8/c1-2-41-20(21(38)39)15-16-7-9-17(10-8-16)42-13-11-37(12-14-43-25(32,33)23(27,28)24(29,30)31)22(40)44-18-5-3-4-6-19(18)45-26(34,35)36/h3-10,20H,2,11-15H2,1H3,(H,38,39). The van der Waals surface area contributed by atoms with Gasteiger partial charge in [-0.3, -0.25) is 0 Å². The monoisotopic (exact) mass is 669 g/mol. The number of aliphatic carboxylic acids is 1. The number of carboxylic acids is 1. The molecule has 45 heavy (non-hydrogen) atoms. The molecule has 19 heteroatoms. The van der Waals surface area contributed by atoms with Crippen LogP contribution in [0.5, 0.6) is 17.2 Å². The van der Waals surface area contributed by atoms with Crippen LogP contribution in [0.15, 0.2) is 48.5 Å². The highest BCUT2D eigenvalue weighted by Crippen LogP contribution is 2.47. The van der Waals surface area contributed by atoms with Gasteiger partial charge in [-0.25, -0.2) is 9.59 Å². The maximum absolute atomic E-state index is 13.6. The van der Waals surface area contributed by atoms with Crippen molar-refractivity contribution < 1.29 is 82.3 Å². The molecule has 0 aliphatic rings. The van der Waals surface area contributed by atoms with Gasteiger partial charge < -0.3 is 33.7 Å². The van der Waals surface area contributed by atoms with Crippen molar-refractivity contribution in [2.75, 3.05) is 32.9 Å². The number of nitrogens with zero attached hydrogens (tertiary/aromatic N) is 1. The molecule has 0 radical (unpaired) electrons. The Morgan fingerprint density at radius 3 is 1.96 bits per heavy atom. The minimum absolute atomic E-state index is 0.000612. The molecule has 0 bridgehead atoms. The van der Waals surface area contributed by atoms with Gasteiger partial charge in [0.25, 0.3) is 0 Å². The first kappa shape index (κ1) is 37.2. The van der Waals surface area contributed by atoms with Crippen molar-refractivity contribution >= 4 is 12.1 Å². The molecule has 1 atom stereocenters. The number of alkyl halides is 10. The summed E-state index contributed by atoms with van der Waals surface area (Å²) in [5.41, 5.74) is 0.530. The zero-order valence-corrected chi connectivity index (χ0v) is 23.0. The molecule has 0 saturated heterocycles. The summed E-state index contributed by atoms with van der Waals surface area (Å²) in [7, 11) is 0. The molecular formula is C26H25F10NO8. The highest BCUT2D eigenvalue weighted by atomic mass is 19.4. The number of carboxylic acid groups (broad SMARTS) is 1. The fourth-order valence-electron chi connectivity index (χ4n) is 3.36. The second-order valence-corrected chi connectivity index (χ2v) is 8.77. The molecule has 2 aromatic rings. The van der Waals surface area contributed by atoms with E-state index in [0.717, 1.165) is 24.3 Å². The number of para-hydroxylation sites is 2. The van der Waals surface area contributed by atoms with Crippen molar-refractivity contribution in [1.29, 1.82) is 0 Å². The van der Waals surface area contributed by atoms with E-state index in [4.69, 9.17) is 14.2 Å². The summed E-state index contributed by atoms with van der Waals surface area (Å²) < 4.78 is 151. The Morgan fingerprint density at radius 2 is 1.42 bits per heavy atom. The fraction of sp³-hybridized carbons (Fsp3) is 0.462. The van der Waals surface area contributed by atoms with Gasteiger partial charge in [-0.05, 0) is 36.8 Å². The molecule has 252 valence electrons. The van der Waals surface area contributed by atoms with E-state index in [2.05, 4.69) is 9.47 Å². The van der Waals surface area contributed by atoms with Crippen LogP contribution in [0.1, 0.15) is 12.5 Å². The zero-order valence-electron chi connectivity index (χ0n) is 23.0. The third-order valence-corrected chi connectivity index (χ3v) is 5.51. The number of carbonyl (C=O) groups excluding carboxylic acids is 1. The Labute approximate surface area is 248 Å². The van der Waals surface area contributed by atoms with Crippen molar-refractivity contribution in [3.63, 3.8) is 0 Å². The number of amides is 1. The number of hydrogen-bond donors (Lipinski definition) is 1. The zero-order chi connectivity index (χ0) is 34.1. The van der Waals surface area contributed by atoms with Crippen LogP contribution in [0.4, 0.5) is 48.7 Å². The lowest BCUT2D eigenvalue weighted by Gasteiger charge is -2.29. The number of rotatable bonds is 16. The van der Waals surface area contributed by atoms with Crippen molar-refractivity contribution in [2.24, 2.45) is 0 Å². The van der Waals surface area contributed by atoms with E-state index >= 15 is 0 Å². The molecule has 9 nitrogen and oxygen atoms in total. The Hall–Kier alpha value is -4.00. The summed E-state index contributed by atoms with van der Waals surface area (Å²) >= 11 is 0. The summed E-state index contributed by atoms with van der Waals surface area (Å²) in [4.78, 5) is 24.4. The second kappa shape index (κ2) is 15.3. The van der Waals surface area contributed by atoms with Crippen LogP contribution in [-0.4, -0.2) is 85.7 Å². The molecule has 0 aromatic heterocycles. The van der Waals surface area contributed by atoms with Gasteiger partial charge in [0.15, 0.2) is 17.6 Å². The average molecular weight is 669 g/mol. The Kier molecular flexibility index (Phi) is 12.7. The summed E-state index contributed by atoms with van der Waals surface area (Å²) in [6.45, 7) is -2.07. The van der Waals surface area contributed by atoms with Crippen LogP contribution in [0, 0.1) is 0 Å². The average Bonchev–Trinajstić information content (AvgIpc) is 2.92. The lowest BCUT2D eigenvalue weighted by Crippen LogP contribution is -2.54. The van der Waals surface area contributed by atoms with Crippen molar-refractivity contribution in [1.82, 2.24) is 4.90 Å². The molecular weight excluding hydrogens is 644 g/mol. The van der Waals surface area contributed by atoms with Gasteiger partial charge in [0.1, 0.15) is 12.4 Å². The minimum Gasteiger partial charge on any atom is -0.492 e. The molecule has 0 aliphatic heterocycles. The predicted molar refractivity (Wildman–Crippen MR) is 131 cm³/mol. The largest absolute Gasteiger partial charge is 0.573 e. The van der Waals surface area contributed by atoms with Gasteiger partial charge in [0, 0.05) is 19.6 Å². The van der Waals surface area contributed by atoms with E-state index in [1.165, 1.54) is 24.3 Å². The normalized spacial score (nSPS) is 13.2. The van der Waals surface area contributed by atoms with E-state index in [1.807, 2.05) is 0 Å². The smallest absolute Gasteiger partial charge is 0.492 e. The number of benzene rings is 2. The van der Waals surface area contributed by atoms with Crippen LogP contribution in [0.2, 0.25) is 0 Å². The van der Waals surface area contributed by atoms with Crippen LogP contribution in [0.25, 0.3) is 0 Å². The molecule has 0 saturated carbocycles. The van der Waals surface area contributed by atoms with E-state index in [0.29, 0.717) is 10.5 Å². The first-order valence-corrected chi connectivity index (χ1v) is 12.6. The number of hydrogen-bond acceptors (Lipinski definition) is 7. The van der Waals surface area contributed by atoms with Crippen LogP contribution in [0.3, 0.4) is 0 Å². The molecule has 1 unspecified atom stereocenters. The number of carbonyl (C=O) groups is 2. The second-order valence-electron chi connectivity index (χ2n) is 8.77. The van der Waals surface area contributed by atoms with Gasteiger partial charge in [0.2, 0.25) is 0 Å². The third-order valence-electron chi connectivity index (χ3n) is 5.51. The van der Waals surface area contributed by atoms with Crippen LogP contribution >= 0.6 is 0 Å². The SMILES string of the molecule is CCOC(Cc1ccc(OCCN(CCOC(F)(F)C(F)(F)C(F)(F)F)C(=O)Oc2ccccc2OC(F)(F)F)cc1)C(=O)O. The fourth-order valence-corrected chi connectivity index (χ4v) is 3.36. The summed E-state index contributed by atoms with van der Waals surface area (Å²) in [5, 5.41) is 9.19. The summed E-state index contributed by atoms with van der Waals surface area (Å²) in [6.07, 6.45) is -20.6. The molecule has 0 spiro atoms. The lowest BCUT2D eigenvalue weighted by atomic mass is 10.1. The Bertz CT molecular complexity index is 1260. The Morgan fingerprint density at radius 1 is 0.844 bits per heavy atom. The van der Waals surface area contributed by atoms with Gasteiger partial charge >= 0.3 is 36.6 Å². The first-order chi connectivity index (χ1) is 20.8. The lowest BCUT2D eigenvalue weighted by molar-refractivity contribution is -0.423. The molecule has 0 heterocycles.